The highest BCUT2D eigenvalue weighted by Crippen LogP contribution is 2.24. The maximum atomic E-state index is 9.03. The van der Waals surface area contributed by atoms with E-state index in [1.807, 2.05) is 36.0 Å². The Bertz CT molecular complexity index is 564. The lowest BCUT2D eigenvalue weighted by Crippen LogP contribution is -2.16. The number of hydrogen-bond acceptors (Lipinski definition) is 3. The van der Waals surface area contributed by atoms with Crippen LogP contribution in [-0.4, -0.2) is 14.9 Å². The maximum Gasteiger partial charge on any atom is 0.0727 e. The van der Waals surface area contributed by atoms with Gasteiger partial charge < -0.3 is 10.4 Å². The first kappa shape index (κ1) is 14.6. The second kappa shape index (κ2) is 5.67. The third kappa shape index (κ3) is 3.39. The van der Waals surface area contributed by atoms with Gasteiger partial charge in [0.2, 0.25) is 0 Å². The van der Waals surface area contributed by atoms with Crippen molar-refractivity contribution in [2.45, 2.75) is 39.3 Å². The van der Waals surface area contributed by atoms with Gasteiger partial charge in [0.25, 0.3) is 0 Å². The number of aliphatic hydroxyl groups is 1. The summed E-state index contributed by atoms with van der Waals surface area (Å²) in [6.07, 6.45) is 2.07. The number of nitrogens with one attached hydrogen (secondary N) is 1. The van der Waals surface area contributed by atoms with Crippen molar-refractivity contribution in [3.8, 4) is 0 Å². The van der Waals surface area contributed by atoms with E-state index in [9.17, 15) is 0 Å². The molecule has 108 valence electrons. The highest BCUT2D eigenvalue weighted by atomic mass is 16.3. The van der Waals surface area contributed by atoms with Crippen LogP contribution in [0.4, 0.5) is 5.69 Å². The quantitative estimate of drug-likeness (QED) is 0.900. The molecule has 0 saturated heterocycles. The van der Waals surface area contributed by atoms with Crippen molar-refractivity contribution in [2.24, 2.45) is 7.05 Å². The fraction of sp³-hybridized carbons (Fsp3) is 0.438. The van der Waals surface area contributed by atoms with Gasteiger partial charge in [0.15, 0.2) is 0 Å². The van der Waals surface area contributed by atoms with E-state index in [-0.39, 0.29) is 12.0 Å². The van der Waals surface area contributed by atoms with Gasteiger partial charge in [0.1, 0.15) is 0 Å². The van der Waals surface area contributed by atoms with Crippen LogP contribution in [0, 0.1) is 0 Å². The molecule has 0 radical (unpaired) electrons. The zero-order valence-electron chi connectivity index (χ0n) is 12.6. The Morgan fingerprint density at radius 2 is 1.85 bits per heavy atom. The number of anilines is 1. The maximum absolute atomic E-state index is 9.03. The smallest absolute Gasteiger partial charge is 0.0727 e. The number of aryl methyl sites for hydroxylation is 1. The fourth-order valence-electron chi connectivity index (χ4n) is 2.22. The molecular formula is C16H23N3O. The van der Waals surface area contributed by atoms with Crippen molar-refractivity contribution >= 4 is 5.69 Å². The topological polar surface area (TPSA) is 50.1 Å². The summed E-state index contributed by atoms with van der Waals surface area (Å²) in [7, 11) is 1.95. The number of nitrogens with zero attached hydrogens (tertiary/aromatic N) is 2. The predicted octanol–water partition coefficient (Wildman–Crippen LogP) is 2.82. The van der Waals surface area contributed by atoms with Crippen LogP contribution < -0.4 is 5.32 Å². The Kier molecular flexibility index (Phi) is 4.14. The zero-order chi connectivity index (χ0) is 14.8. The molecule has 0 unspecified atom stereocenters. The number of hydrogen-bond donors (Lipinski definition) is 2. The molecule has 0 aliphatic heterocycles. The highest BCUT2D eigenvalue weighted by molar-refractivity contribution is 5.45. The first-order chi connectivity index (χ1) is 9.40. The number of aliphatic hydroxyl groups excluding tert-OH is 1. The van der Waals surface area contributed by atoms with Crippen LogP contribution in [0.2, 0.25) is 0 Å². The van der Waals surface area contributed by atoms with Crippen molar-refractivity contribution in [3.63, 3.8) is 0 Å². The van der Waals surface area contributed by atoms with Crippen molar-refractivity contribution in [3.05, 3.63) is 47.3 Å². The molecular weight excluding hydrogens is 250 g/mol. The molecule has 20 heavy (non-hydrogen) atoms. The molecule has 0 saturated carbocycles. The van der Waals surface area contributed by atoms with Crippen molar-refractivity contribution in [1.82, 2.24) is 9.78 Å². The van der Waals surface area contributed by atoms with Crippen LogP contribution >= 0.6 is 0 Å². The van der Waals surface area contributed by atoms with E-state index in [1.165, 1.54) is 5.56 Å². The lowest BCUT2D eigenvalue weighted by molar-refractivity contribution is 0.282. The van der Waals surface area contributed by atoms with Gasteiger partial charge in [-0.25, -0.2) is 0 Å². The van der Waals surface area contributed by atoms with Crippen molar-refractivity contribution in [1.29, 1.82) is 0 Å². The second-order valence-electron chi connectivity index (χ2n) is 6.14. The summed E-state index contributed by atoms with van der Waals surface area (Å²) in [5.41, 5.74) is 4.35. The van der Waals surface area contributed by atoms with Gasteiger partial charge in [0.05, 0.1) is 12.3 Å². The minimum Gasteiger partial charge on any atom is -0.392 e. The van der Waals surface area contributed by atoms with E-state index < -0.39 is 0 Å². The van der Waals surface area contributed by atoms with Gasteiger partial charge in [-0.2, -0.15) is 5.10 Å². The van der Waals surface area contributed by atoms with Gasteiger partial charge >= 0.3 is 0 Å². The summed E-state index contributed by atoms with van der Waals surface area (Å²) in [5, 5.41) is 17.0. The Hall–Kier alpha value is -1.81. The molecule has 0 amide bonds. The Morgan fingerprint density at radius 3 is 2.40 bits per heavy atom. The van der Waals surface area contributed by atoms with Crippen molar-refractivity contribution in [2.75, 3.05) is 5.32 Å². The van der Waals surface area contributed by atoms with E-state index in [4.69, 9.17) is 5.11 Å². The molecule has 2 aromatic rings. The molecule has 0 aliphatic rings. The summed E-state index contributed by atoms with van der Waals surface area (Å²) in [5.74, 6) is 0. The zero-order valence-corrected chi connectivity index (χ0v) is 12.6. The third-order valence-electron chi connectivity index (χ3n) is 3.23. The normalized spacial score (nSPS) is 11.7. The number of aromatic nitrogens is 2. The molecule has 0 aliphatic carbocycles. The largest absolute Gasteiger partial charge is 0.392 e. The molecule has 1 aromatic carbocycles. The molecule has 0 fully saturated rings. The standard InChI is InChI=1S/C16H23N3O/c1-16(2,3)15-13(10-19(4)18-15)9-17-14-7-5-12(11-20)6-8-14/h5-8,10,17,20H,9,11H2,1-4H3. The monoisotopic (exact) mass is 273 g/mol. The summed E-state index contributed by atoms with van der Waals surface area (Å²) in [4.78, 5) is 0. The highest BCUT2D eigenvalue weighted by Gasteiger charge is 2.21. The summed E-state index contributed by atoms with van der Waals surface area (Å²) in [6, 6.07) is 7.82. The number of rotatable bonds is 4. The molecule has 0 spiro atoms. The first-order valence-corrected chi connectivity index (χ1v) is 6.87. The van der Waals surface area contributed by atoms with E-state index in [2.05, 4.69) is 37.4 Å². The average Bonchev–Trinajstić information content (AvgIpc) is 2.78. The van der Waals surface area contributed by atoms with Gasteiger partial charge in [-0.15, -0.1) is 0 Å². The van der Waals surface area contributed by atoms with E-state index in [0.717, 1.165) is 23.5 Å². The molecule has 2 rings (SSSR count). The van der Waals surface area contributed by atoms with Gasteiger partial charge in [0, 0.05) is 36.5 Å². The Balaban J connectivity index is 2.10. The molecule has 0 bridgehead atoms. The SMILES string of the molecule is Cn1cc(CNc2ccc(CO)cc2)c(C(C)(C)C)n1. The van der Waals surface area contributed by atoms with Crippen LogP contribution in [-0.2, 0) is 25.6 Å². The van der Waals surface area contributed by atoms with Crippen LogP contribution in [0.1, 0.15) is 37.6 Å². The molecule has 2 N–H and O–H groups in total. The van der Waals surface area contributed by atoms with E-state index in [0.29, 0.717) is 0 Å². The summed E-state index contributed by atoms with van der Waals surface area (Å²) in [6.45, 7) is 7.36. The molecule has 4 heteroatoms. The molecule has 1 aromatic heterocycles. The van der Waals surface area contributed by atoms with Crippen LogP contribution in [0.25, 0.3) is 0 Å². The second-order valence-corrected chi connectivity index (χ2v) is 6.14. The van der Waals surface area contributed by atoms with Crippen molar-refractivity contribution < 1.29 is 5.11 Å². The van der Waals surface area contributed by atoms with Gasteiger partial charge in [-0.1, -0.05) is 32.9 Å². The lowest BCUT2D eigenvalue weighted by atomic mass is 9.89. The third-order valence-corrected chi connectivity index (χ3v) is 3.23. The minimum atomic E-state index is 0.0407. The summed E-state index contributed by atoms with van der Waals surface area (Å²) < 4.78 is 1.87. The Morgan fingerprint density at radius 1 is 1.20 bits per heavy atom. The van der Waals surface area contributed by atoms with Gasteiger partial charge in [-0.05, 0) is 17.7 Å². The van der Waals surface area contributed by atoms with Crippen LogP contribution in [0.3, 0.4) is 0 Å². The lowest BCUT2D eigenvalue weighted by Gasteiger charge is -2.18. The van der Waals surface area contributed by atoms with E-state index in [1.54, 1.807) is 0 Å². The minimum absolute atomic E-state index is 0.0407. The Labute approximate surface area is 120 Å². The molecule has 0 atom stereocenters. The van der Waals surface area contributed by atoms with Gasteiger partial charge in [-0.3, -0.25) is 4.68 Å². The fourth-order valence-corrected chi connectivity index (χ4v) is 2.22. The average molecular weight is 273 g/mol. The van der Waals surface area contributed by atoms with Crippen LogP contribution in [0.5, 0.6) is 0 Å². The predicted molar refractivity (Wildman–Crippen MR) is 81.6 cm³/mol. The summed E-state index contributed by atoms with van der Waals surface area (Å²) >= 11 is 0. The molecule has 4 nitrogen and oxygen atoms in total. The van der Waals surface area contributed by atoms with Crippen LogP contribution in [0.15, 0.2) is 30.5 Å². The number of benzene rings is 1. The first-order valence-electron chi connectivity index (χ1n) is 6.87. The van der Waals surface area contributed by atoms with E-state index >= 15 is 0 Å². The molecule has 1 heterocycles.